The van der Waals surface area contributed by atoms with Crippen LogP contribution in [-0.2, 0) is 19.4 Å². The average molecular weight is 452 g/mol. The minimum absolute atomic E-state index is 0. The molecular weight excluding hydrogens is 419 g/mol. The van der Waals surface area contributed by atoms with Crippen LogP contribution in [0.4, 0.5) is 0 Å². The molecule has 1 aromatic rings. The van der Waals surface area contributed by atoms with E-state index in [4.69, 9.17) is 4.52 Å². The van der Waals surface area contributed by atoms with Crippen LogP contribution in [0.15, 0.2) is 9.52 Å². The molecule has 6 nitrogen and oxygen atoms in total. The Hall–Kier alpha value is -0.830. The summed E-state index contributed by atoms with van der Waals surface area (Å²) in [5, 5.41) is 21.0. The van der Waals surface area contributed by atoms with Crippen molar-refractivity contribution >= 4 is 29.9 Å². The molecule has 1 rings (SSSR count). The normalized spacial score (nSPS) is 12.0. The van der Waals surface area contributed by atoms with E-state index in [1.54, 1.807) is 0 Å². The van der Waals surface area contributed by atoms with Crippen molar-refractivity contribution in [3.05, 3.63) is 17.0 Å². The van der Waals surface area contributed by atoms with Crippen LogP contribution in [0.3, 0.4) is 0 Å². The Morgan fingerprint density at radius 3 is 2.29 bits per heavy atom. The van der Waals surface area contributed by atoms with Crippen LogP contribution >= 0.6 is 24.0 Å². The van der Waals surface area contributed by atoms with Crippen LogP contribution in [0.25, 0.3) is 0 Å². The Kier molecular flexibility index (Phi) is 11.3. The van der Waals surface area contributed by atoms with Crippen molar-refractivity contribution in [1.29, 1.82) is 0 Å². The Balaban J connectivity index is 0.00000529. The van der Waals surface area contributed by atoms with Gasteiger partial charge in [-0.05, 0) is 26.2 Å². The van der Waals surface area contributed by atoms with Gasteiger partial charge in [0.05, 0.1) is 17.8 Å². The summed E-state index contributed by atoms with van der Waals surface area (Å²) in [6, 6.07) is 0. The van der Waals surface area contributed by atoms with Crippen LogP contribution < -0.4 is 10.6 Å². The number of hydrogen-bond acceptors (Lipinski definition) is 4. The maximum absolute atomic E-state index is 10.4. The lowest BCUT2D eigenvalue weighted by atomic mass is 9.98. The summed E-state index contributed by atoms with van der Waals surface area (Å²) in [6.07, 6.45) is 3.07. The van der Waals surface area contributed by atoms with Gasteiger partial charge in [-0.2, -0.15) is 0 Å². The van der Waals surface area contributed by atoms with Crippen molar-refractivity contribution < 1.29 is 9.63 Å². The molecule has 1 aromatic heterocycles. The Bertz CT molecular complexity index is 477. The lowest BCUT2D eigenvalue weighted by molar-refractivity contribution is 0.0367. The molecule has 0 atom stereocenters. The first kappa shape index (κ1) is 23.2. The molecule has 140 valence electrons. The molecule has 0 aliphatic rings. The van der Waals surface area contributed by atoms with Crippen molar-refractivity contribution in [2.75, 3.05) is 13.1 Å². The number of aryl methyl sites for hydroxylation is 2. The molecule has 7 heteroatoms. The molecular formula is C17H33IN4O2. The number of rotatable bonds is 9. The van der Waals surface area contributed by atoms with Gasteiger partial charge in [-0.25, -0.2) is 4.99 Å². The monoisotopic (exact) mass is 452 g/mol. The van der Waals surface area contributed by atoms with E-state index >= 15 is 0 Å². The Morgan fingerprint density at radius 2 is 1.79 bits per heavy atom. The summed E-state index contributed by atoms with van der Waals surface area (Å²) in [7, 11) is 0. The maximum Gasteiger partial charge on any atom is 0.191 e. The van der Waals surface area contributed by atoms with E-state index in [1.165, 1.54) is 0 Å². The summed E-state index contributed by atoms with van der Waals surface area (Å²) in [5.74, 6) is 1.61. The van der Waals surface area contributed by atoms with E-state index in [2.05, 4.69) is 34.6 Å². The molecule has 0 aliphatic heterocycles. The highest BCUT2D eigenvalue weighted by Gasteiger charge is 2.22. The van der Waals surface area contributed by atoms with Gasteiger partial charge in [-0.1, -0.05) is 32.9 Å². The van der Waals surface area contributed by atoms with E-state index in [0.29, 0.717) is 31.9 Å². The zero-order valence-corrected chi connectivity index (χ0v) is 17.9. The number of nitrogens with zero attached hydrogens (tertiary/aromatic N) is 2. The van der Waals surface area contributed by atoms with Crippen molar-refractivity contribution in [2.45, 2.75) is 72.4 Å². The summed E-state index contributed by atoms with van der Waals surface area (Å²) in [5.41, 5.74) is 1.35. The minimum Gasteiger partial charge on any atom is -0.388 e. The highest BCUT2D eigenvalue weighted by atomic mass is 127. The lowest BCUT2D eigenvalue weighted by Crippen LogP contribution is -2.46. The van der Waals surface area contributed by atoms with Gasteiger partial charge in [0.15, 0.2) is 5.96 Å². The second-order valence-electron chi connectivity index (χ2n) is 5.72. The van der Waals surface area contributed by atoms with Gasteiger partial charge >= 0.3 is 0 Å². The summed E-state index contributed by atoms with van der Waals surface area (Å²) in [4.78, 5) is 4.63. The number of aliphatic imine (C=N–C) groups is 1. The number of guanidine groups is 1. The van der Waals surface area contributed by atoms with Crippen LogP contribution in [0, 0.1) is 0 Å². The van der Waals surface area contributed by atoms with Crippen molar-refractivity contribution in [2.24, 2.45) is 4.99 Å². The SMILES string of the molecule is CCNC(=NCc1c(CC)noc1CC)NCC(O)(CC)CC.I. The predicted molar refractivity (Wildman–Crippen MR) is 109 cm³/mol. The van der Waals surface area contributed by atoms with E-state index < -0.39 is 5.60 Å². The third-order valence-electron chi connectivity index (χ3n) is 4.25. The number of aromatic nitrogens is 1. The minimum atomic E-state index is -0.698. The molecule has 0 saturated heterocycles. The third kappa shape index (κ3) is 6.58. The molecule has 0 aliphatic carbocycles. The zero-order chi connectivity index (χ0) is 17.3. The second kappa shape index (κ2) is 11.7. The molecule has 0 spiro atoms. The first-order valence-electron chi connectivity index (χ1n) is 8.74. The third-order valence-corrected chi connectivity index (χ3v) is 4.25. The quantitative estimate of drug-likeness (QED) is 0.305. The van der Waals surface area contributed by atoms with E-state index in [9.17, 15) is 5.11 Å². The lowest BCUT2D eigenvalue weighted by Gasteiger charge is -2.26. The van der Waals surface area contributed by atoms with Gasteiger partial charge in [0, 0.05) is 25.1 Å². The Morgan fingerprint density at radius 1 is 1.12 bits per heavy atom. The fourth-order valence-corrected chi connectivity index (χ4v) is 2.36. The molecule has 0 fully saturated rings. The number of hydrogen-bond donors (Lipinski definition) is 3. The Labute approximate surface area is 162 Å². The van der Waals surface area contributed by atoms with E-state index in [1.807, 2.05) is 20.8 Å². The summed E-state index contributed by atoms with van der Waals surface area (Å²) < 4.78 is 5.38. The van der Waals surface area contributed by atoms with Crippen molar-refractivity contribution in [3.63, 3.8) is 0 Å². The number of halogens is 1. The molecule has 24 heavy (non-hydrogen) atoms. The van der Waals surface area contributed by atoms with Crippen molar-refractivity contribution in [1.82, 2.24) is 15.8 Å². The van der Waals surface area contributed by atoms with E-state index in [-0.39, 0.29) is 24.0 Å². The first-order chi connectivity index (χ1) is 11.0. The predicted octanol–water partition coefficient (Wildman–Crippen LogP) is 3.02. The van der Waals surface area contributed by atoms with Gasteiger partial charge in [-0.3, -0.25) is 0 Å². The van der Waals surface area contributed by atoms with Crippen LogP contribution in [0.5, 0.6) is 0 Å². The van der Waals surface area contributed by atoms with Gasteiger partial charge in [0.25, 0.3) is 0 Å². The smallest absolute Gasteiger partial charge is 0.191 e. The molecule has 3 N–H and O–H groups in total. The van der Waals surface area contributed by atoms with E-state index in [0.717, 1.165) is 36.4 Å². The second-order valence-corrected chi connectivity index (χ2v) is 5.72. The van der Waals surface area contributed by atoms with Gasteiger partial charge in [-0.15, -0.1) is 24.0 Å². The maximum atomic E-state index is 10.4. The topological polar surface area (TPSA) is 82.7 Å². The molecule has 0 bridgehead atoms. The van der Waals surface area contributed by atoms with Crippen molar-refractivity contribution in [3.8, 4) is 0 Å². The van der Waals surface area contributed by atoms with Gasteiger partial charge in [0.2, 0.25) is 0 Å². The molecule has 0 amide bonds. The number of nitrogens with one attached hydrogen (secondary N) is 2. The fourth-order valence-electron chi connectivity index (χ4n) is 2.36. The highest BCUT2D eigenvalue weighted by molar-refractivity contribution is 14.0. The zero-order valence-electron chi connectivity index (χ0n) is 15.6. The van der Waals surface area contributed by atoms with Crippen LogP contribution in [0.1, 0.15) is 64.5 Å². The fraction of sp³-hybridized carbons (Fsp3) is 0.765. The van der Waals surface area contributed by atoms with Gasteiger partial charge < -0.3 is 20.3 Å². The first-order valence-corrected chi connectivity index (χ1v) is 8.74. The van der Waals surface area contributed by atoms with Crippen LogP contribution in [-0.4, -0.2) is 34.9 Å². The average Bonchev–Trinajstić information content (AvgIpc) is 2.99. The molecule has 1 heterocycles. The molecule has 0 radical (unpaired) electrons. The molecule has 0 aromatic carbocycles. The summed E-state index contributed by atoms with van der Waals surface area (Å²) in [6.45, 7) is 11.9. The molecule has 0 unspecified atom stereocenters. The molecule has 0 saturated carbocycles. The van der Waals surface area contributed by atoms with Crippen LogP contribution in [0.2, 0.25) is 0 Å². The largest absolute Gasteiger partial charge is 0.388 e. The highest BCUT2D eigenvalue weighted by Crippen LogP contribution is 2.17. The standard InChI is InChI=1S/C17H32N4O2.HI/c1-6-14-13(15(7-2)23-21-14)11-19-16(18-10-5)20-12-17(22,8-3)9-4;/h22H,6-12H2,1-5H3,(H2,18,19,20);1H. The van der Waals surface area contributed by atoms with Gasteiger partial charge in [0.1, 0.15) is 5.76 Å². The summed E-state index contributed by atoms with van der Waals surface area (Å²) >= 11 is 0. The number of aliphatic hydroxyl groups is 1.